The van der Waals surface area contributed by atoms with E-state index in [4.69, 9.17) is 4.74 Å². The Bertz CT molecular complexity index is 669. The van der Waals surface area contributed by atoms with Gasteiger partial charge in [-0.2, -0.15) is 0 Å². The van der Waals surface area contributed by atoms with Gasteiger partial charge in [0.05, 0.1) is 12.3 Å². The molecule has 1 N–H and O–H groups in total. The number of benzene rings is 1. The van der Waals surface area contributed by atoms with Crippen LogP contribution in [-0.4, -0.2) is 27.7 Å². The highest BCUT2D eigenvalue weighted by Gasteiger charge is 2.14. The Balaban J connectivity index is 2.40. The van der Waals surface area contributed by atoms with Crippen LogP contribution in [0.3, 0.4) is 0 Å². The highest BCUT2D eigenvalue weighted by Crippen LogP contribution is 2.26. The lowest BCUT2D eigenvalue weighted by atomic mass is 10.1. The van der Waals surface area contributed by atoms with Gasteiger partial charge in [-0.05, 0) is 37.1 Å². The van der Waals surface area contributed by atoms with Crippen LogP contribution in [0.1, 0.15) is 37.0 Å². The number of carboxylic acid groups (broad SMARTS) is 1. The van der Waals surface area contributed by atoms with Gasteiger partial charge in [0.15, 0.2) is 0 Å². The quantitative estimate of drug-likeness (QED) is 0.884. The van der Waals surface area contributed by atoms with Gasteiger partial charge in [-0.15, -0.1) is 0 Å². The largest absolute Gasteiger partial charge is 0.493 e. The van der Waals surface area contributed by atoms with Crippen LogP contribution in [0.25, 0.3) is 11.3 Å². The second-order valence-electron chi connectivity index (χ2n) is 5.41. The molecule has 0 spiro atoms. The summed E-state index contributed by atoms with van der Waals surface area (Å²) in [6, 6.07) is 6.87. The van der Waals surface area contributed by atoms with Crippen molar-refractivity contribution < 1.29 is 14.6 Å². The van der Waals surface area contributed by atoms with Gasteiger partial charge in [0.25, 0.3) is 0 Å². The molecule has 5 heteroatoms. The molecule has 0 unspecified atom stereocenters. The van der Waals surface area contributed by atoms with Gasteiger partial charge >= 0.3 is 5.97 Å². The Kier molecular flexibility index (Phi) is 5.09. The van der Waals surface area contributed by atoms with Crippen molar-refractivity contribution in [3.05, 3.63) is 41.9 Å². The van der Waals surface area contributed by atoms with Crippen molar-refractivity contribution in [2.75, 3.05) is 6.61 Å². The van der Waals surface area contributed by atoms with Gasteiger partial charge in [0, 0.05) is 18.2 Å². The van der Waals surface area contributed by atoms with E-state index >= 15 is 0 Å². The SMILES string of the molecule is CCOc1ccc(-c2ccnc(CC(C)C)n2)cc1C(=O)O. The van der Waals surface area contributed by atoms with Gasteiger partial charge in [-0.3, -0.25) is 0 Å². The Morgan fingerprint density at radius 3 is 2.73 bits per heavy atom. The van der Waals surface area contributed by atoms with Crippen LogP contribution in [0.2, 0.25) is 0 Å². The summed E-state index contributed by atoms with van der Waals surface area (Å²) in [7, 11) is 0. The second-order valence-corrected chi connectivity index (χ2v) is 5.41. The molecule has 22 heavy (non-hydrogen) atoms. The summed E-state index contributed by atoms with van der Waals surface area (Å²) < 4.78 is 5.35. The van der Waals surface area contributed by atoms with E-state index in [-0.39, 0.29) is 5.56 Å². The number of hydrogen-bond acceptors (Lipinski definition) is 4. The highest BCUT2D eigenvalue weighted by molar-refractivity contribution is 5.92. The Hall–Kier alpha value is -2.43. The molecule has 0 bridgehead atoms. The average Bonchev–Trinajstić information content (AvgIpc) is 2.47. The minimum atomic E-state index is -1.01. The van der Waals surface area contributed by atoms with Crippen molar-refractivity contribution in [2.24, 2.45) is 5.92 Å². The van der Waals surface area contributed by atoms with Gasteiger partial charge in [-0.1, -0.05) is 13.8 Å². The monoisotopic (exact) mass is 300 g/mol. The van der Waals surface area contributed by atoms with Crippen LogP contribution < -0.4 is 4.74 Å². The van der Waals surface area contributed by atoms with Crippen LogP contribution in [0.4, 0.5) is 0 Å². The second kappa shape index (κ2) is 7.02. The number of rotatable bonds is 6. The maximum Gasteiger partial charge on any atom is 0.339 e. The summed E-state index contributed by atoms with van der Waals surface area (Å²) in [6.45, 7) is 6.46. The third-order valence-electron chi connectivity index (χ3n) is 3.10. The van der Waals surface area contributed by atoms with Gasteiger partial charge in [0.2, 0.25) is 0 Å². The number of ether oxygens (including phenoxy) is 1. The predicted molar refractivity (Wildman–Crippen MR) is 84.1 cm³/mol. The highest BCUT2D eigenvalue weighted by atomic mass is 16.5. The van der Waals surface area contributed by atoms with E-state index in [0.29, 0.717) is 18.3 Å². The number of hydrogen-bond donors (Lipinski definition) is 1. The number of nitrogens with zero attached hydrogens (tertiary/aromatic N) is 2. The fourth-order valence-electron chi connectivity index (χ4n) is 2.16. The Labute approximate surface area is 130 Å². The Morgan fingerprint density at radius 2 is 2.09 bits per heavy atom. The van der Waals surface area contributed by atoms with E-state index in [9.17, 15) is 9.90 Å². The van der Waals surface area contributed by atoms with E-state index in [1.54, 1.807) is 24.4 Å². The van der Waals surface area contributed by atoms with Crippen LogP contribution >= 0.6 is 0 Å². The van der Waals surface area contributed by atoms with Crippen molar-refractivity contribution in [1.29, 1.82) is 0 Å². The summed E-state index contributed by atoms with van der Waals surface area (Å²) in [5.74, 6) is 0.584. The summed E-state index contributed by atoms with van der Waals surface area (Å²) in [5, 5.41) is 9.32. The molecule has 0 radical (unpaired) electrons. The standard InChI is InChI=1S/C17H20N2O3/c1-4-22-15-6-5-12(10-13(15)17(20)21)14-7-8-18-16(19-14)9-11(2)3/h5-8,10-11H,4,9H2,1-3H3,(H,20,21). The molecule has 5 nitrogen and oxygen atoms in total. The van der Waals surface area contributed by atoms with Crippen molar-refractivity contribution in [2.45, 2.75) is 27.2 Å². The molecular formula is C17H20N2O3. The topological polar surface area (TPSA) is 72.3 Å². The molecule has 0 saturated carbocycles. The van der Waals surface area contributed by atoms with E-state index in [2.05, 4.69) is 23.8 Å². The molecule has 0 aliphatic heterocycles. The van der Waals surface area contributed by atoms with Gasteiger partial charge in [-0.25, -0.2) is 14.8 Å². The maximum absolute atomic E-state index is 11.4. The van der Waals surface area contributed by atoms with Crippen LogP contribution in [-0.2, 0) is 6.42 Å². The average molecular weight is 300 g/mol. The van der Waals surface area contributed by atoms with Crippen molar-refractivity contribution >= 4 is 5.97 Å². The number of aromatic nitrogens is 2. The lowest BCUT2D eigenvalue weighted by Gasteiger charge is -2.10. The molecular weight excluding hydrogens is 280 g/mol. The summed E-state index contributed by atoms with van der Waals surface area (Å²) in [6.07, 6.45) is 2.49. The zero-order valence-electron chi connectivity index (χ0n) is 13.0. The van der Waals surface area contributed by atoms with Crippen LogP contribution in [0, 0.1) is 5.92 Å². The maximum atomic E-state index is 11.4. The molecule has 0 saturated heterocycles. The van der Waals surface area contributed by atoms with Crippen LogP contribution in [0.15, 0.2) is 30.5 Å². The number of aromatic carboxylic acids is 1. The minimum Gasteiger partial charge on any atom is -0.493 e. The summed E-state index contributed by atoms with van der Waals surface area (Å²) in [5.41, 5.74) is 1.60. The first-order chi connectivity index (χ1) is 10.5. The van der Waals surface area contributed by atoms with Gasteiger partial charge < -0.3 is 9.84 Å². The molecule has 2 rings (SSSR count). The first kappa shape index (κ1) is 15.9. The van der Waals surface area contributed by atoms with Crippen molar-refractivity contribution in [3.8, 4) is 17.0 Å². The zero-order valence-corrected chi connectivity index (χ0v) is 13.0. The number of carbonyl (C=O) groups is 1. The summed E-state index contributed by atoms with van der Waals surface area (Å²) >= 11 is 0. The third kappa shape index (κ3) is 3.81. The van der Waals surface area contributed by atoms with Crippen molar-refractivity contribution in [1.82, 2.24) is 9.97 Å². The van der Waals surface area contributed by atoms with Crippen molar-refractivity contribution in [3.63, 3.8) is 0 Å². The third-order valence-corrected chi connectivity index (χ3v) is 3.10. The summed E-state index contributed by atoms with van der Waals surface area (Å²) in [4.78, 5) is 20.2. The molecule has 1 aromatic heterocycles. The number of carboxylic acids is 1. The lowest BCUT2D eigenvalue weighted by molar-refractivity contribution is 0.0692. The van der Waals surface area contributed by atoms with Crippen LogP contribution in [0.5, 0.6) is 5.75 Å². The molecule has 0 atom stereocenters. The molecule has 116 valence electrons. The molecule has 0 aliphatic rings. The van der Waals surface area contributed by atoms with E-state index in [1.807, 2.05) is 13.0 Å². The van der Waals surface area contributed by atoms with E-state index < -0.39 is 5.97 Å². The fraction of sp³-hybridized carbons (Fsp3) is 0.353. The fourth-order valence-corrected chi connectivity index (χ4v) is 2.16. The first-order valence-electron chi connectivity index (χ1n) is 7.33. The predicted octanol–water partition coefficient (Wildman–Crippen LogP) is 3.44. The first-order valence-corrected chi connectivity index (χ1v) is 7.33. The zero-order chi connectivity index (χ0) is 16.1. The molecule has 0 amide bonds. The van der Waals surface area contributed by atoms with E-state index in [1.165, 1.54) is 0 Å². The molecule has 1 aromatic carbocycles. The van der Waals surface area contributed by atoms with E-state index in [0.717, 1.165) is 23.5 Å². The lowest BCUT2D eigenvalue weighted by Crippen LogP contribution is -2.04. The molecule has 1 heterocycles. The molecule has 0 fully saturated rings. The smallest absolute Gasteiger partial charge is 0.339 e. The normalized spacial score (nSPS) is 10.7. The molecule has 2 aromatic rings. The molecule has 0 aliphatic carbocycles. The minimum absolute atomic E-state index is 0.142. The Morgan fingerprint density at radius 1 is 1.32 bits per heavy atom. The van der Waals surface area contributed by atoms with Gasteiger partial charge in [0.1, 0.15) is 17.1 Å².